The molecule has 0 aromatic heterocycles. The predicted octanol–water partition coefficient (Wildman–Crippen LogP) is 4.01. The molecule has 0 atom stereocenters. The molecule has 2 aromatic carbocycles. The van der Waals surface area contributed by atoms with Crippen molar-refractivity contribution in [3.05, 3.63) is 57.2 Å². The van der Waals surface area contributed by atoms with E-state index in [0.717, 1.165) is 13.4 Å². The highest BCUT2D eigenvalue weighted by atomic mass is 127. The number of hydrogen-bond donors (Lipinski definition) is 1. The minimum Gasteiger partial charge on any atom is -0.478 e. The third-order valence-electron chi connectivity index (χ3n) is 2.40. The van der Waals surface area contributed by atoms with Crippen LogP contribution in [0.3, 0.4) is 0 Å². The smallest absolute Gasteiger partial charge is 0.335 e. The summed E-state index contributed by atoms with van der Waals surface area (Å²) in [6.07, 6.45) is 0. The molecule has 0 bridgehead atoms. The fourth-order valence-corrected chi connectivity index (χ4v) is 3.16. The van der Waals surface area contributed by atoms with Gasteiger partial charge in [-0.15, -0.1) is 0 Å². The van der Waals surface area contributed by atoms with Crippen LogP contribution >= 0.6 is 34.4 Å². The molecule has 0 fully saturated rings. The number of carboxylic acid groups (broad SMARTS) is 1. The third-order valence-corrected chi connectivity index (χ3v) is 4.29. The number of aromatic carboxylic acids is 1. The fourth-order valence-electron chi connectivity index (χ4n) is 1.45. The lowest BCUT2D eigenvalue weighted by Crippen LogP contribution is -1.94. The van der Waals surface area contributed by atoms with Crippen molar-refractivity contribution in [1.29, 1.82) is 5.26 Å². The zero-order valence-electron chi connectivity index (χ0n) is 9.63. The Kier molecular flexibility index (Phi) is 4.45. The average molecular weight is 381 g/mol. The number of nitrogens with zero attached hydrogens (tertiary/aromatic N) is 1. The van der Waals surface area contributed by atoms with E-state index in [1.54, 1.807) is 30.3 Å². The van der Waals surface area contributed by atoms with Crippen molar-refractivity contribution in [2.24, 2.45) is 0 Å². The van der Waals surface area contributed by atoms with Crippen LogP contribution in [0.5, 0.6) is 0 Å². The van der Waals surface area contributed by atoms with E-state index in [4.69, 9.17) is 10.4 Å². The minimum absolute atomic E-state index is 0.277. The highest BCUT2D eigenvalue weighted by Crippen LogP contribution is 2.29. The lowest BCUT2D eigenvalue weighted by atomic mass is 10.2. The van der Waals surface area contributed by atoms with Gasteiger partial charge < -0.3 is 5.11 Å². The first-order valence-electron chi connectivity index (χ1n) is 5.31. The summed E-state index contributed by atoms with van der Waals surface area (Å²) in [7, 11) is 0. The van der Waals surface area contributed by atoms with Gasteiger partial charge in [0.2, 0.25) is 0 Å². The van der Waals surface area contributed by atoms with Crippen LogP contribution in [0.2, 0.25) is 0 Å². The maximum Gasteiger partial charge on any atom is 0.335 e. The fraction of sp³-hybridized carbons (Fsp3) is 0. The van der Waals surface area contributed by atoms with Gasteiger partial charge in [0.25, 0.3) is 0 Å². The van der Waals surface area contributed by atoms with Gasteiger partial charge in [0.1, 0.15) is 6.07 Å². The van der Waals surface area contributed by atoms with Crippen LogP contribution in [0.15, 0.2) is 52.3 Å². The van der Waals surface area contributed by atoms with Gasteiger partial charge in [-0.25, -0.2) is 4.79 Å². The molecular formula is C14H8INO2S. The molecule has 0 aliphatic rings. The lowest BCUT2D eigenvalue weighted by Gasteiger charge is -2.04. The van der Waals surface area contributed by atoms with Crippen LogP contribution in [0.1, 0.15) is 15.9 Å². The first-order chi connectivity index (χ1) is 9.10. The summed E-state index contributed by atoms with van der Waals surface area (Å²) in [5.41, 5.74) is 0.935. The predicted molar refractivity (Wildman–Crippen MR) is 81.4 cm³/mol. The normalized spacial score (nSPS) is 9.89. The second-order valence-corrected chi connectivity index (χ2v) is 5.99. The minimum atomic E-state index is -0.926. The largest absolute Gasteiger partial charge is 0.478 e. The van der Waals surface area contributed by atoms with Gasteiger partial charge in [-0.1, -0.05) is 11.8 Å². The Labute approximate surface area is 128 Å². The van der Waals surface area contributed by atoms with Crippen molar-refractivity contribution in [2.75, 3.05) is 0 Å². The standard InChI is InChI=1S/C14H8INO2S/c15-13-7-12(6-3-10(13)8-16)19-11-4-1-9(2-5-11)14(17)18/h1-7H,(H,17,18). The molecule has 3 nitrogen and oxygen atoms in total. The molecule has 0 aliphatic heterocycles. The highest BCUT2D eigenvalue weighted by molar-refractivity contribution is 14.1. The SMILES string of the molecule is N#Cc1ccc(Sc2ccc(C(=O)O)cc2)cc1I. The van der Waals surface area contributed by atoms with E-state index in [0.29, 0.717) is 5.56 Å². The average Bonchev–Trinajstić information content (AvgIpc) is 2.39. The Morgan fingerprint density at radius 3 is 2.32 bits per heavy atom. The number of carboxylic acids is 1. The van der Waals surface area contributed by atoms with Gasteiger partial charge in [0.05, 0.1) is 11.1 Å². The molecule has 94 valence electrons. The number of halogens is 1. The van der Waals surface area contributed by atoms with Crippen LogP contribution in [0.4, 0.5) is 0 Å². The van der Waals surface area contributed by atoms with Crippen molar-refractivity contribution in [3.8, 4) is 6.07 Å². The van der Waals surface area contributed by atoms with Crippen LogP contribution in [-0.2, 0) is 0 Å². The molecular weight excluding hydrogens is 373 g/mol. The molecule has 0 saturated carbocycles. The Balaban J connectivity index is 2.19. The van der Waals surface area contributed by atoms with E-state index < -0.39 is 5.97 Å². The highest BCUT2D eigenvalue weighted by Gasteiger charge is 2.04. The number of rotatable bonds is 3. The van der Waals surface area contributed by atoms with Gasteiger partial charge in [-0.05, 0) is 65.1 Å². The van der Waals surface area contributed by atoms with Crippen molar-refractivity contribution in [1.82, 2.24) is 0 Å². The molecule has 0 heterocycles. The molecule has 2 aromatic rings. The first kappa shape index (κ1) is 13.9. The maximum absolute atomic E-state index is 10.7. The molecule has 0 aliphatic carbocycles. The summed E-state index contributed by atoms with van der Waals surface area (Å²) in [4.78, 5) is 12.7. The summed E-state index contributed by atoms with van der Waals surface area (Å²) in [6.45, 7) is 0. The van der Waals surface area contributed by atoms with Crippen molar-refractivity contribution >= 4 is 40.3 Å². The van der Waals surface area contributed by atoms with Gasteiger partial charge in [0, 0.05) is 13.4 Å². The summed E-state index contributed by atoms with van der Waals surface area (Å²) >= 11 is 3.66. The van der Waals surface area contributed by atoms with E-state index >= 15 is 0 Å². The Morgan fingerprint density at radius 2 is 1.79 bits per heavy atom. The summed E-state index contributed by atoms with van der Waals surface area (Å²) in [5, 5.41) is 17.7. The molecule has 2 rings (SSSR count). The van der Waals surface area contributed by atoms with E-state index in [1.807, 2.05) is 12.1 Å². The lowest BCUT2D eigenvalue weighted by molar-refractivity contribution is 0.0697. The third kappa shape index (κ3) is 3.49. The van der Waals surface area contributed by atoms with Gasteiger partial charge in [-0.2, -0.15) is 5.26 Å². The Hall–Kier alpha value is -1.52. The zero-order chi connectivity index (χ0) is 13.8. The zero-order valence-corrected chi connectivity index (χ0v) is 12.6. The molecule has 0 radical (unpaired) electrons. The van der Waals surface area contributed by atoms with Crippen LogP contribution in [-0.4, -0.2) is 11.1 Å². The van der Waals surface area contributed by atoms with Crippen LogP contribution < -0.4 is 0 Å². The van der Waals surface area contributed by atoms with Crippen molar-refractivity contribution in [2.45, 2.75) is 9.79 Å². The summed E-state index contributed by atoms with van der Waals surface area (Å²) in [6, 6.07) is 14.5. The monoisotopic (exact) mass is 381 g/mol. The van der Waals surface area contributed by atoms with E-state index in [2.05, 4.69) is 28.7 Å². The van der Waals surface area contributed by atoms with Crippen LogP contribution in [0.25, 0.3) is 0 Å². The summed E-state index contributed by atoms with van der Waals surface area (Å²) < 4.78 is 0.909. The Morgan fingerprint density at radius 1 is 1.16 bits per heavy atom. The molecule has 0 saturated heterocycles. The van der Waals surface area contributed by atoms with E-state index in [-0.39, 0.29) is 5.56 Å². The van der Waals surface area contributed by atoms with Gasteiger partial charge in [-0.3, -0.25) is 0 Å². The Bertz CT molecular complexity index is 662. The molecule has 19 heavy (non-hydrogen) atoms. The number of carbonyl (C=O) groups is 1. The topological polar surface area (TPSA) is 61.1 Å². The quantitative estimate of drug-likeness (QED) is 0.817. The summed E-state index contributed by atoms with van der Waals surface area (Å²) in [5.74, 6) is -0.926. The van der Waals surface area contributed by atoms with E-state index in [9.17, 15) is 4.79 Å². The van der Waals surface area contributed by atoms with Crippen molar-refractivity contribution < 1.29 is 9.90 Å². The van der Waals surface area contributed by atoms with E-state index in [1.165, 1.54) is 11.8 Å². The van der Waals surface area contributed by atoms with Gasteiger partial charge in [0.15, 0.2) is 0 Å². The molecule has 0 spiro atoms. The molecule has 5 heteroatoms. The number of benzene rings is 2. The molecule has 1 N–H and O–H groups in total. The van der Waals surface area contributed by atoms with Crippen molar-refractivity contribution in [3.63, 3.8) is 0 Å². The van der Waals surface area contributed by atoms with Crippen LogP contribution in [0, 0.1) is 14.9 Å². The molecule has 0 unspecified atom stereocenters. The molecule has 0 amide bonds. The maximum atomic E-state index is 10.7. The number of nitriles is 1. The number of hydrogen-bond acceptors (Lipinski definition) is 3. The second-order valence-electron chi connectivity index (χ2n) is 3.69. The van der Waals surface area contributed by atoms with Gasteiger partial charge >= 0.3 is 5.97 Å². The first-order valence-corrected chi connectivity index (χ1v) is 7.20. The second kappa shape index (κ2) is 6.08.